The average Bonchev–Trinajstić information content (AvgIpc) is 3.14. The van der Waals surface area contributed by atoms with E-state index in [1.165, 1.54) is 23.8 Å². The van der Waals surface area contributed by atoms with E-state index >= 15 is 0 Å². The number of hydrogen-bond acceptors (Lipinski definition) is 3. The van der Waals surface area contributed by atoms with Gasteiger partial charge in [0.2, 0.25) is 0 Å². The van der Waals surface area contributed by atoms with Crippen LogP contribution in [0, 0.1) is 0 Å². The lowest BCUT2D eigenvalue weighted by Crippen LogP contribution is -2.37. The number of carbonyl (C=O) groups is 1. The lowest BCUT2D eigenvalue weighted by atomic mass is 9.97. The highest BCUT2D eigenvalue weighted by Crippen LogP contribution is 2.24. The second-order valence-electron chi connectivity index (χ2n) is 6.36. The van der Waals surface area contributed by atoms with E-state index in [0.29, 0.717) is 0 Å². The van der Waals surface area contributed by atoms with Gasteiger partial charge in [-0.1, -0.05) is 66.7 Å². The molecule has 1 heterocycles. The molecule has 2 aromatic rings. The molecule has 0 unspecified atom stereocenters. The van der Waals surface area contributed by atoms with Gasteiger partial charge >= 0.3 is 5.97 Å². The van der Waals surface area contributed by atoms with Crippen molar-refractivity contribution in [1.29, 1.82) is 0 Å². The second kappa shape index (κ2) is 8.63. The molecule has 0 N–H and O–H groups in total. The lowest BCUT2D eigenvalue weighted by Gasteiger charge is -2.21. The number of esters is 1. The standard InChI is InChI=1S/C22H25NO2/c1-25-22(24)21-15-9-17-23(21)16-8-14-20(18-10-4-2-5-11-18)19-12-6-3-7-13-19/h2-7,10-14,21H,8-9,15-17H2,1H3/t21-/m0/s1. The van der Waals surface area contributed by atoms with Gasteiger partial charge in [-0.3, -0.25) is 9.69 Å². The Balaban J connectivity index is 1.75. The predicted molar refractivity (Wildman–Crippen MR) is 101 cm³/mol. The van der Waals surface area contributed by atoms with Gasteiger partial charge in [0.05, 0.1) is 7.11 Å². The highest BCUT2D eigenvalue weighted by atomic mass is 16.5. The van der Waals surface area contributed by atoms with Crippen molar-refractivity contribution in [1.82, 2.24) is 4.90 Å². The summed E-state index contributed by atoms with van der Waals surface area (Å²) in [6.45, 7) is 1.85. The molecule has 2 aromatic carbocycles. The molecule has 1 atom stereocenters. The second-order valence-corrected chi connectivity index (χ2v) is 6.36. The molecule has 1 aliphatic rings. The van der Waals surface area contributed by atoms with E-state index in [9.17, 15) is 4.79 Å². The van der Waals surface area contributed by atoms with Crippen molar-refractivity contribution in [3.8, 4) is 0 Å². The Hall–Kier alpha value is -2.39. The fraction of sp³-hybridized carbons (Fsp3) is 0.318. The highest BCUT2D eigenvalue weighted by Gasteiger charge is 2.30. The third kappa shape index (κ3) is 4.37. The van der Waals surface area contributed by atoms with Crippen LogP contribution in [0.25, 0.3) is 5.57 Å². The number of ether oxygens (including phenoxy) is 1. The molecular weight excluding hydrogens is 310 g/mol. The van der Waals surface area contributed by atoms with Crippen molar-refractivity contribution in [2.75, 3.05) is 20.2 Å². The third-order valence-electron chi connectivity index (χ3n) is 4.77. The summed E-state index contributed by atoms with van der Waals surface area (Å²) in [4.78, 5) is 14.1. The number of likely N-dealkylation sites (tertiary alicyclic amines) is 1. The molecule has 3 heteroatoms. The van der Waals surface area contributed by atoms with Gasteiger partial charge in [-0.15, -0.1) is 0 Å². The molecule has 130 valence electrons. The molecule has 0 aliphatic carbocycles. The van der Waals surface area contributed by atoms with Crippen LogP contribution in [0.4, 0.5) is 0 Å². The molecule has 1 aliphatic heterocycles. The van der Waals surface area contributed by atoms with Gasteiger partial charge < -0.3 is 4.74 Å². The predicted octanol–water partition coefficient (Wildman–Crippen LogP) is 4.15. The Morgan fingerprint density at radius 1 is 1.08 bits per heavy atom. The molecule has 0 saturated carbocycles. The first-order chi connectivity index (χ1) is 12.3. The van der Waals surface area contributed by atoms with E-state index in [1.54, 1.807) is 0 Å². The maximum atomic E-state index is 11.9. The zero-order valence-electron chi connectivity index (χ0n) is 14.7. The largest absolute Gasteiger partial charge is 0.468 e. The Morgan fingerprint density at radius 3 is 2.24 bits per heavy atom. The summed E-state index contributed by atoms with van der Waals surface area (Å²) in [6, 6.07) is 20.9. The van der Waals surface area contributed by atoms with Crippen molar-refractivity contribution in [2.24, 2.45) is 0 Å². The summed E-state index contributed by atoms with van der Waals surface area (Å²) in [7, 11) is 1.47. The van der Waals surface area contributed by atoms with Crippen molar-refractivity contribution >= 4 is 11.5 Å². The number of nitrogens with zero attached hydrogens (tertiary/aromatic N) is 1. The van der Waals surface area contributed by atoms with E-state index < -0.39 is 0 Å². The van der Waals surface area contributed by atoms with Crippen LogP contribution in [-0.2, 0) is 9.53 Å². The Kier molecular flexibility index (Phi) is 6.02. The van der Waals surface area contributed by atoms with Crippen LogP contribution >= 0.6 is 0 Å². The first-order valence-electron chi connectivity index (χ1n) is 8.92. The molecule has 3 rings (SSSR count). The summed E-state index contributed by atoms with van der Waals surface area (Å²) in [5, 5.41) is 0. The Labute approximate surface area is 149 Å². The van der Waals surface area contributed by atoms with Crippen molar-refractivity contribution in [3.63, 3.8) is 0 Å². The number of methoxy groups -OCH3 is 1. The van der Waals surface area contributed by atoms with E-state index in [2.05, 4.69) is 59.5 Å². The van der Waals surface area contributed by atoms with E-state index in [4.69, 9.17) is 4.74 Å². The maximum absolute atomic E-state index is 11.9. The van der Waals surface area contributed by atoms with Crippen LogP contribution in [-0.4, -0.2) is 37.1 Å². The van der Waals surface area contributed by atoms with Crippen LogP contribution in [0.15, 0.2) is 66.7 Å². The molecule has 1 fully saturated rings. The molecule has 25 heavy (non-hydrogen) atoms. The van der Waals surface area contributed by atoms with E-state index in [0.717, 1.165) is 32.4 Å². The molecule has 0 bridgehead atoms. The van der Waals surface area contributed by atoms with Crippen molar-refractivity contribution < 1.29 is 9.53 Å². The molecular formula is C22H25NO2. The normalized spacial score (nSPS) is 17.2. The monoisotopic (exact) mass is 335 g/mol. The number of rotatable bonds is 6. The quantitative estimate of drug-likeness (QED) is 0.743. The topological polar surface area (TPSA) is 29.5 Å². The minimum atomic E-state index is -0.104. The summed E-state index contributed by atoms with van der Waals surface area (Å²) in [5.41, 5.74) is 3.69. The third-order valence-corrected chi connectivity index (χ3v) is 4.77. The average molecular weight is 335 g/mol. The van der Waals surface area contributed by atoms with Crippen molar-refractivity contribution in [2.45, 2.75) is 25.3 Å². The molecule has 0 spiro atoms. The minimum Gasteiger partial charge on any atom is -0.468 e. The van der Waals surface area contributed by atoms with Crippen LogP contribution in [0.2, 0.25) is 0 Å². The van der Waals surface area contributed by atoms with Gasteiger partial charge in [-0.25, -0.2) is 0 Å². The zero-order chi connectivity index (χ0) is 17.5. The van der Waals surface area contributed by atoms with E-state index in [1.807, 2.05) is 12.1 Å². The summed E-state index contributed by atoms with van der Waals surface area (Å²) < 4.78 is 4.93. The van der Waals surface area contributed by atoms with Gasteiger partial charge in [0.15, 0.2) is 0 Å². The lowest BCUT2D eigenvalue weighted by molar-refractivity contribution is -0.145. The molecule has 0 radical (unpaired) electrons. The minimum absolute atomic E-state index is 0.0738. The zero-order valence-corrected chi connectivity index (χ0v) is 14.7. The van der Waals surface area contributed by atoms with Crippen LogP contribution in [0.3, 0.4) is 0 Å². The number of hydrogen-bond donors (Lipinski definition) is 0. The highest BCUT2D eigenvalue weighted by molar-refractivity contribution is 5.79. The van der Waals surface area contributed by atoms with E-state index in [-0.39, 0.29) is 12.0 Å². The number of carbonyl (C=O) groups excluding carboxylic acids is 1. The molecule has 0 amide bonds. The van der Waals surface area contributed by atoms with Gasteiger partial charge in [0, 0.05) is 6.54 Å². The summed E-state index contributed by atoms with van der Waals surface area (Å²) in [6.07, 6.45) is 5.16. The van der Waals surface area contributed by atoms with Crippen LogP contribution in [0.1, 0.15) is 30.4 Å². The molecule has 0 aromatic heterocycles. The first-order valence-corrected chi connectivity index (χ1v) is 8.92. The van der Waals surface area contributed by atoms with Gasteiger partial charge in [-0.2, -0.15) is 0 Å². The summed E-state index contributed by atoms with van der Waals surface area (Å²) >= 11 is 0. The van der Waals surface area contributed by atoms with Crippen LogP contribution in [0.5, 0.6) is 0 Å². The fourth-order valence-corrected chi connectivity index (χ4v) is 3.51. The van der Waals surface area contributed by atoms with Crippen LogP contribution < -0.4 is 0 Å². The fourth-order valence-electron chi connectivity index (χ4n) is 3.51. The first kappa shape index (κ1) is 17.4. The number of benzene rings is 2. The van der Waals surface area contributed by atoms with Gasteiger partial charge in [-0.05, 0) is 42.5 Å². The van der Waals surface area contributed by atoms with Gasteiger partial charge in [0.25, 0.3) is 0 Å². The van der Waals surface area contributed by atoms with Crippen molar-refractivity contribution in [3.05, 3.63) is 77.9 Å². The SMILES string of the molecule is COC(=O)[C@@H]1CCCN1CCC=C(c1ccccc1)c1ccccc1. The van der Waals surface area contributed by atoms with Gasteiger partial charge in [0.1, 0.15) is 6.04 Å². The molecule has 3 nitrogen and oxygen atoms in total. The maximum Gasteiger partial charge on any atom is 0.323 e. The summed E-state index contributed by atoms with van der Waals surface area (Å²) in [5.74, 6) is -0.104. The Morgan fingerprint density at radius 2 is 1.68 bits per heavy atom. The smallest absolute Gasteiger partial charge is 0.323 e. The molecule has 1 saturated heterocycles. The Bertz CT molecular complexity index is 668.